The molecule has 0 aliphatic heterocycles. The molecule has 56 heavy (non-hydrogen) atoms. The fourth-order valence-corrected chi connectivity index (χ4v) is 4.79. The topological polar surface area (TPSA) is 287 Å². The van der Waals surface area contributed by atoms with E-state index in [4.69, 9.17) is 28.0 Å². The van der Waals surface area contributed by atoms with Crippen LogP contribution in [0.4, 0.5) is 0 Å². The van der Waals surface area contributed by atoms with Gasteiger partial charge in [0.15, 0.2) is 0 Å². The van der Waals surface area contributed by atoms with E-state index in [9.17, 15) is 24.0 Å². The summed E-state index contributed by atoms with van der Waals surface area (Å²) in [6.45, 7) is 2.02. The summed E-state index contributed by atoms with van der Waals surface area (Å²) >= 11 is 0. The number of hydrogen-bond donors (Lipinski definition) is 5. The van der Waals surface area contributed by atoms with Gasteiger partial charge in [0.2, 0.25) is 23.6 Å². The number of amides is 4. The number of primary amides is 4. The summed E-state index contributed by atoms with van der Waals surface area (Å²) in [5.41, 5.74) is 27.7. The largest absolute Gasteiger partial charge is 0.481 e. The van der Waals surface area contributed by atoms with Gasteiger partial charge in [0, 0.05) is 85.3 Å². The normalized spacial score (nSPS) is 9.95. The molecule has 0 aromatic carbocycles. The molecule has 16 nitrogen and oxygen atoms in total. The fraction of sp³-hybridized carbons (Fsp3) is 0.103. The maximum atomic E-state index is 11.1. The Balaban J connectivity index is 0.000000223. The summed E-state index contributed by atoms with van der Waals surface area (Å²) in [7, 11) is 0. The number of pyridine rings is 6. The number of carbonyl (C=O) groups excluding carboxylic acids is 4. The van der Waals surface area contributed by atoms with Crippen LogP contribution in [0.2, 0.25) is 0 Å². The molecule has 17 heteroatoms. The Morgan fingerprint density at radius 2 is 0.786 bits per heavy atom. The van der Waals surface area contributed by atoms with Crippen molar-refractivity contribution >= 4 is 29.6 Å². The number of carbonyl (C=O) groups is 5. The second kappa shape index (κ2) is 20.9. The number of hydrogen-bond acceptors (Lipinski definition) is 11. The third-order valence-electron chi connectivity index (χ3n) is 7.56. The standard InChI is InChI=1S/C15H16N2O2.2C12H10N4O2.Ru/c1-11-5-7-16-13(9-11)14-10-12(6-8-17-14)3-2-4-15(18)19;2*13-11(17)7-1-3-15-9(5-7)10-6-8(12(14)18)2-4-16-10;/h5-10H,2-4H2,1H3,(H,18,19);2*1-6H,(H2,13,17)(H2,14,18);. The number of carboxylic acids is 1. The van der Waals surface area contributed by atoms with Gasteiger partial charge in [0.1, 0.15) is 0 Å². The third kappa shape index (κ3) is 13.1. The zero-order valence-electron chi connectivity index (χ0n) is 29.8. The molecule has 286 valence electrons. The van der Waals surface area contributed by atoms with Crippen LogP contribution in [0.3, 0.4) is 0 Å². The minimum atomic E-state index is -0.755. The first-order valence-corrected chi connectivity index (χ1v) is 16.4. The molecular formula is C39H36N10O6Ru. The zero-order valence-corrected chi connectivity index (χ0v) is 31.6. The Hall–Kier alpha value is -7.13. The monoisotopic (exact) mass is 842 g/mol. The predicted molar refractivity (Wildman–Crippen MR) is 202 cm³/mol. The summed E-state index contributed by atoms with van der Waals surface area (Å²) in [5.74, 6) is -2.96. The molecule has 6 rings (SSSR count). The number of aromatic nitrogens is 6. The number of rotatable bonds is 11. The second-order valence-electron chi connectivity index (χ2n) is 11.7. The molecule has 0 spiro atoms. The van der Waals surface area contributed by atoms with E-state index in [0.717, 1.165) is 28.9 Å². The van der Waals surface area contributed by atoms with Crippen molar-refractivity contribution in [1.82, 2.24) is 29.9 Å². The Kier molecular flexibility index (Phi) is 16.2. The van der Waals surface area contributed by atoms with Crippen molar-refractivity contribution < 1.29 is 48.6 Å². The van der Waals surface area contributed by atoms with Crippen molar-refractivity contribution in [1.29, 1.82) is 0 Å². The van der Waals surface area contributed by atoms with Gasteiger partial charge in [-0.3, -0.25) is 53.9 Å². The van der Waals surface area contributed by atoms with Crippen LogP contribution < -0.4 is 22.9 Å². The maximum absolute atomic E-state index is 11.1. The summed E-state index contributed by atoms with van der Waals surface area (Å²) in [4.78, 5) is 79.6. The van der Waals surface area contributed by atoms with Crippen molar-refractivity contribution in [3.05, 3.63) is 143 Å². The molecule has 4 amide bonds. The number of aliphatic carboxylic acids is 1. The molecule has 0 aliphatic carbocycles. The van der Waals surface area contributed by atoms with Crippen LogP contribution in [0.15, 0.2) is 110 Å². The van der Waals surface area contributed by atoms with Crippen LogP contribution in [0.25, 0.3) is 34.2 Å². The first-order chi connectivity index (χ1) is 26.3. The molecule has 0 radical (unpaired) electrons. The number of aryl methyl sites for hydroxylation is 2. The molecule has 9 N–H and O–H groups in total. The smallest absolute Gasteiger partial charge is 0.303 e. The molecule has 6 aromatic rings. The SMILES string of the molecule is Cc1ccnc(-c2cc(CCCC(=O)O)ccn2)c1.NC(=O)c1ccnc(-c2cc(C(N)=O)ccn2)c1.NC(=O)c1ccnc(-c2cc(C(N)=O)ccn2)c1.[Ru]. The Labute approximate surface area is 333 Å². The van der Waals surface area contributed by atoms with E-state index < -0.39 is 29.6 Å². The molecule has 0 fully saturated rings. The van der Waals surface area contributed by atoms with Crippen molar-refractivity contribution in [2.75, 3.05) is 0 Å². The third-order valence-corrected chi connectivity index (χ3v) is 7.56. The van der Waals surface area contributed by atoms with Gasteiger partial charge < -0.3 is 28.0 Å². The molecule has 0 saturated heterocycles. The zero-order chi connectivity index (χ0) is 39.9. The molecular weight excluding hydrogens is 806 g/mol. The maximum Gasteiger partial charge on any atom is 0.303 e. The molecule has 0 unspecified atom stereocenters. The van der Waals surface area contributed by atoms with Gasteiger partial charge in [-0.2, -0.15) is 0 Å². The van der Waals surface area contributed by atoms with E-state index in [1.807, 2.05) is 31.2 Å². The molecule has 0 atom stereocenters. The quantitative estimate of drug-likeness (QED) is 0.117. The average Bonchev–Trinajstić information content (AvgIpc) is 3.18. The number of carboxylic acid groups (broad SMARTS) is 1. The Morgan fingerprint density at radius 3 is 1.11 bits per heavy atom. The van der Waals surface area contributed by atoms with Crippen molar-refractivity contribution in [3.63, 3.8) is 0 Å². The van der Waals surface area contributed by atoms with Crippen LogP contribution in [-0.2, 0) is 30.7 Å². The van der Waals surface area contributed by atoms with E-state index in [0.29, 0.717) is 51.5 Å². The second-order valence-corrected chi connectivity index (χ2v) is 11.7. The van der Waals surface area contributed by atoms with E-state index in [2.05, 4.69) is 29.9 Å². The van der Waals surface area contributed by atoms with E-state index >= 15 is 0 Å². The van der Waals surface area contributed by atoms with Crippen molar-refractivity contribution in [2.24, 2.45) is 22.9 Å². The van der Waals surface area contributed by atoms with Gasteiger partial charge in [-0.15, -0.1) is 0 Å². The molecule has 0 saturated carbocycles. The van der Waals surface area contributed by atoms with Gasteiger partial charge in [-0.1, -0.05) is 0 Å². The fourth-order valence-electron chi connectivity index (χ4n) is 4.79. The Bertz CT molecular complexity index is 2140. The summed E-state index contributed by atoms with van der Waals surface area (Å²) < 4.78 is 0. The number of nitrogens with two attached hydrogens (primary N) is 4. The summed E-state index contributed by atoms with van der Waals surface area (Å²) in [5, 5.41) is 8.63. The van der Waals surface area contributed by atoms with Gasteiger partial charge >= 0.3 is 5.97 Å². The van der Waals surface area contributed by atoms with Crippen LogP contribution in [-0.4, -0.2) is 64.6 Å². The van der Waals surface area contributed by atoms with Gasteiger partial charge in [0.25, 0.3) is 0 Å². The average molecular weight is 842 g/mol. The van der Waals surface area contributed by atoms with Gasteiger partial charge in [0.05, 0.1) is 34.2 Å². The predicted octanol–water partition coefficient (Wildman–Crippen LogP) is 3.54. The molecule has 0 bridgehead atoms. The molecule has 0 aliphatic rings. The minimum absolute atomic E-state index is 0. The van der Waals surface area contributed by atoms with E-state index in [-0.39, 0.29) is 25.9 Å². The minimum Gasteiger partial charge on any atom is -0.481 e. The van der Waals surface area contributed by atoms with Crippen molar-refractivity contribution in [2.45, 2.75) is 26.2 Å². The van der Waals surface area contributed by atoms with E-state index in [1.165, 1.54) is 73.3 Å². The van der Waals surface area contributed by atoms with Crippen LogP contribution >= 0.6 is 0 Å². The first kappa shape index (κ1) is 43.3. The molecule has 6 aromatic heterocycles. The van der Waals surface area contributed by atoms with Crippen molar-refractivity contribution in [3.8, 4) is 34.2 Å². The first-order valence-electron chi connectivity index (χ1n) is 16.4. The van der Waals surface area contributed by atoms with Gasteiger partial charge in [-0.25, -0.2) is 0 Å². The number of nitrogens with zero attached hydrogens (tertiary/aromatic N) is 6. The van der Waals surface area contributed by atoms with Gasteiger partial charge in [-0.05, 0) is 104 Å². The summed E-state index contributed by atoms with van der Waals surface area (Å²) in [6.07, 6.45) is 10.9. The van der Waals surface area contributed by atoms with Crippen LogP contribution in [0, 0.1) is 6.92 Å². The summed E-state index contributed by atoms with van der Waals surface area (Å²) in [6, 6.07) is 19.9. The molecule has 6 heterocycles. The van der Waals surface area contributed by atoms with Crippen LogP contribution in [0.1, 0.15) is 65.4 Å². The van der Waals surface area contributed by atoms with Crippen LogP contribution in [0.5, 0.6) is 0 Å². The van der Waals surface area contributed by atoms with E-state index in [1.54, 1.807) is 12.4 Å². The Morgan fingerprint density at radius 1 is 0.482 bits per heavy atom.